The lowest BCUT2D eigenvalue weighted by atomic mass is 10.0. The largest absolute Gasteiger partial charge is 0.462 e. The van der Waals surface area contributed by atoms with Crippen LogP contribution in [-0.4, -0.2) is 37.2 Å². The van der Waals surface area contributed by atoms with E-state index in [2.05, 4.69) is 130 Å². The van der Waals surface area contributed by atoms with Gasteiger partial charge in [0, 0.05) is 19.3 Å². The summed E-state index contributed by atoms with van der Waals surface area (Å²) in [5, 5.41) is 0. The second kappa shape index (κ2) is 65.6. The van der Waals surface area contributed by atoms with E-state index in [-0.39, 0.29) is 31.1 Å². The van der Waals surface area contributed by atoms with Crippen molar-refractivity contribution in [3.05, 3.63) is 109 Å². The maximum absolute atomic E-state index is 12.8. The highest BCUT2D eigenvalue weighted by Crippen LogP contribution is 2.17. The first-order valence-corrected chi connectivity index (χ1v) is 32.9. The van der Waals surface area contributed by atoms with Crippen LogP contribution in [0.4, 0.5) is 0 Å². The van der Waals surface area contributed by atoms with Gasteiger partial charge in [-0.15, -0.1) is 0 Å². The van der Waals surface area contributed by atoms with Crippen molar-refractivity contribution >= 4 is 17.9 Å². The molecule has 1 atom stereocenters. The molecule has 446 valence electrons. The van der Waals surface area contributed by atoms with Crippen LogP contribution in [0.1, 0.15) is 310 Å². The topological polar surface area (TPSA) is 78.9 Å². The molecule has 6 heteroatoms. The lowest BCUT2D eigenvalue weighted by Gasteiger charge is -2.18. The highest BCUT2D eigenvalue weighted by Gasteiger charge is 2.19. The Morgan fingerprint density at radius 2 is 0.500 bits per heavy atom. The molecule has 0 rings (SSSR count). The average Bonchev–Trinajstić information content (AvgIpc) is 3.44. The Labute approximate surface area is 482 Å². The molecule has 78 heavy (non-hydrogen) atoms. The maximum Gasteiger partial charge on any atom is 0.306 e. The number of hydrogen-bond donors (Lipinski definition) is 0. The molecule has 0 radical (unpaired) electrons. The van der Waals surface area contributed by atoms with E-state index in [4.69, 9.17) is 14.2 Å². The van der Waals surface area contributed by atoms with E-state index in [9.17, 15) is 14.4 Å². The van der Waals surface area contributed by atoms with E-state index in [1.54, 1.807) is 0 Å². The van der Waals surface area contributed by atoms with E-state index >= 15 is 0 Å². The zero-order chi connectivity index (χ0) is 56.4. The summed E-state index contributed by atoms with van der Waals surface area (Å²) in [6, 6.07) is 0. The summed E-state index contributed by atoms with van der Waals surface area (Å²) in [5.74, 6) is -0.906. The zero-order valence-electron chi connectivity index (χ0n) is 51.2. The highest BCUT2D eigenvalue weighted by atomic mass is 16.6. The summed E-state index contributed by atoms with van der Waals surface area (Å²) in [4.78, 5) is 38.2. The van der Waals surface area contributed by atoms with Crippen molar-refractivity contribution in [3.63, 3.8) is 0 Å². The van der Waals surface area contributed by atoms with E-state index in [1.807, 2.05) is 0 Å². The minimum atomic E-state index is -0.789. The monoisotopic (exact) mass is 1080 g/mol. The standard InChI is InChI=1S/C72H122O6/c1-4-7-10-13-16-19-22-24-26-27-28-29-30-31-32-33-34-35-36-37-38-39-40-41-42-43-44-45-47-48-50-53-56-59-62-65-71(74)77-68-69(67-76-70(73)64-61-58-55-52-21-18-15-12-9-6-3)78-72(75)66-63-60-57-54-51-49-46-25-23-20-17-14-11-8-5-2/h7-8,10-12,15-17,19-20,24-26,28-29,31-32,46,69H,4-6,9,13-14,18,21-23,27,30,33-45,47-68H2,1-3H3/b10-7-,11-8-,15-12-,19-16-,20-17-,26-24-,29-28-,32-31-,46-25-. The molecule has 0 amide bonds. The van der Waals surface area contributed by atoms with Gasteiger partial charge in [-0.05, 0) is 116 Å². The van der Waals surface area contributed by atoms with Crippen LogP contribution in [0, 0.1) is 0 Å². The number of carbonyl (C=O) groups excluding carboxylic acids is 3. The summed E-state index contributed by atoms with van der Waals surface area (Å²) in [6.45, 7) is 6.35. The molecule has 0 saturated heterocycles. The Morgan fingerprint density at radius 1 is 0.269 bits per heavy atom. The minimum Gasteiger partial charge on any atom is -0.462 e. The van der Waals surface area contributed by atoms with Gasteiger partial charge in [0.1, 0.15) is 13.2 Å². The van der Waals surface area contributed by atoms with Gasteiger partial charge in [-0.2, -0.15) is 0 Å². The molecule has 0 aliphatic rings. The molecule has 0 fully saturated rings. The van der Waals surface area contributed by atoms with Gasteiger partial charge in [0.15, 0.2) is 6.10 Å². The fraction of sp³-hybridized carbons (Fsp3) is 0.708. The highest BCUT2D eigenvalue weighted by molar-refractivity contribution is 5.71. The van der Waals surface area contributed by atoms with Gasteiger partial charge >= 0.3 is 17.9 Å². The first kappa shape index (κ1) is 74.1. The van der Waals surface area contributed by atoms with Crippen molar-refractivity contribution < 1.29 is 28.6 Å². The van der Waals surface area contributed by atoms with Crippen molar-refractivity contribution in [3.8, 4) is 0 Å². The fourth-order valence-electron chi connectivity index (χ4n) is 9.14. The Balaban J connectivity index is 4.07. The SMILES string of the molecule is CC/C=C\C/C=C\C/C=C\C/C=C\C/C=C\CCCCCCCCCCCCCCCCCCCCCC(=O)OCC(COC(=O)CCCCCCC/C=C\CCC)OC(=O)CCCCCCC/C=C\C/C=C\C/C=C\CC. The van der Waals surface area contributed by atoms with Crippen molar-refractivity contribution in [1.82, 2.24) is 0 Å². The second-order valence-electron chi connectivity index (χ2n) is 21.6. The lowest BCUT2D eigenvalue weighted by Crippen LogP contribution is -2.30. The van der Waals surface area contributed by atoms with Crippen LogP contribution >= 0.6 is 0 Å². The average molecular weight is 1080 g/mol. The Morgan fingerprint density at radius 3 is 0.795 bits per heavy atom. The quantitative estimate of drug-likeness (QED) is 0.0261. The van der Waals surface area contributed by atoms with Gasteiger partial charge in [0.2, 0.25) is 0 Å². The first-order chi connectivity index (χ1) is 38.5. The van der Waals surface area contributed by atoms with Crippen molar-refractivity contribution in [2.45, 2.75) is 316 Å². The van der Waals surface area contributed by atoms with E-state index in [0.29, 0.717) is 19.3 Å². The number of carbonyl (C=O) groups is 3. The summed E-state index contributed by atoms with van der Waals surface area (Å²) in [6.07, 6.45) is 89.9. The van der Waals surface area contributed by atoms with Crippen LogP contribution in [0.5, 0.6) is 0 Å². The molecule has 0 bridgehead atoms. The number of rotatable bonds is 59. The molecule has 0 aromatic rings. The number of esters is 3. The number of ether oxygens (including phenoxy) is 3. The van der Waals surface area contributed by atoms with Gasteiger partial charge in [-0.3, -0.25) is 14.4 Å². The third-order valence-corrected chi connectivity index (χ3v) is 14.0. The molecular formula is C72H122O6. The number of hydrogen-bond acceptors (Lipinski definition) is 6. The maximum atomic E-state index is 12.8. The molecular weight excluding hydrogens is 961 g/mol. The van der Waals surface area contributed by atoms with Crippen LogP contribution in [0.15, 0.2) is 109 Å². The van der Waals surface area contributed by atoms with E-state index < -0.39 is 6.10 Å². The van der Waals surface area contributed by atoms with Gasteiger partial charge in [0.25, 0.3) is 0 Å². The first-order valence-electron chi connectivity index (χ1n) is 32.9. The fourth-order valence-corrected chi connectivity index (χ4v) is 9.14. The predicted octanol–water partition coefficient (Wildman–Crippen LogP) is 22.6. The van der Waals surface area contributed by atoms with Crippen LogP contribution in [0.3, 0.4) is 0 Å². The van der Waals surface area contributed by atoms with Crippen LogP contribution in [0.25, 0.3) is 0 Å². The molecule has 6 nitrogen and oxygen atoms in total. The summed E-state index contributed by atoms with van der Waals surface area (Å²) < 4.78 is 16.9. The molecule has 0 heterocycles. The molecule has 0 aliphatic heterocycles. The lowest BCUT2D eigenvalue weighted by molar-refractivity contribution is -0.167. The summed E-state index contributed by atoms with van der Waals surface area (Å²) >= 11 is 0. The molecule has 0 N–H and O–H groups in total. The molecule has 1 unspecified atom stereocenters. The normalized spacial score (nSPS) is 12.8. The number of unbranched alkanes of at least 4 members (excludes halogenated alkanes) is 30. The summed E-state index contributed by atoms with van der Waals surface area (Å²) in [5.41, 5.74) is 0. The van der Waals surface area contributed by atoms with Crippen molar-refractivity contribution in [1.29, 1.82) is 0 Å². The smallest absolute Gasteiger partial charge is 0.306 e. The van der Waals surface area contributed by atoms with Crippen molar-refractivity contribution in [2.75, 3.05) is 13.2 Å². The number of allylic oxidation sites excluding steroid dienone is 18. The van der Waals surface area contributed by atoms with Crippen LogP contribution in [-0.2, 0) is 28.6 Å². The van der Waals surface area contributed by atoms with Gasteiger partial charge in [0.05, 0.1) is 0 Å². The molecule has 0 aromatic carbocycles. The van der Waals surface area contributed by atoms with Crippen LogP contribution < -0.4 is 0 Å². The van der Waals surface area contributed by atoms with E-state index in [1.165, 1.54) is 128 Å². The second-order valence-corrected chi connectivity index (χ2v) is 21.6. The third-order valence-electron chi connectivity index (χ3n) is 14.0. The molecule has 0 spiro atoms. The third kappa shape index (κ3) is 62.9. The molecule has 0 aliphatic carbocycles. The minimum absolute atomic E-state index is 0.0852. The zero-order valence-corrected chi connectivity index (χ0v) is 51.2. The van der Waals surface area contributed by atoms with Gasteiger partial charge < -0.3 is 14.2 Å². The molecule has 0 aromatic heterocycles. The van der Waals surface area contributed by atoms with Gasteiger partial charge in [-0.1, -0.05) is 284 Å². The summed E-state index contributed by atoms with van der Waals surface area (Å²) in [7, 11) is 0. The Kier molecular flexibility index (Phi) is 62.3. The van der Waals surface area contributed by atoms with Crippen LogP contribution in [0.2, 0.25) is 0 Å². The Hall–Kier alpha value is -3.93. The van der Waals surface area contributed by atoms with Gasteiger partial charge in [-0.25, -0.2) is 0 Å². The molecule has 0 saturated carbocycles. The predicted molar refractivity (Wildman–Crippen MR) is 339 cm³/mol. The van der Waals surface area contributed by atoms with Crippen molar-refractivity contribution in [2.24, 2.45) is 0 Å². The van der Waals surface area contributed by atoms with E-state index in [0.717, 1.165) is 141 Å². The Bertz CT molecular complexity index is 1570.